The van der Waals surface area contributed by atoms with Crippen LogP contribution in [0.4, 0.5) is 11.8 Å². The summed E-state index contributed by atoms with van der Waals surface area (Å²) in [6, 6.07) is 0. The van der Waals surface area contributed by atoms with Gasteiger partial charge in [-0.2, -0.15) is 0 Å². The molecular formula is C12H18N6O3. The molecule has 0 aliphatic carbocycles. The second kappa shape index (κ2) is 5.43. The molecule has 1 aliphatic rings. The maximum absolute atomic E-state index is 9.91. The summed E-state index contributed by atoms with van der Waals surface area (Å²) in [7, 11) is 3.51. The number of aliphatic hydroxyl groups excluding tert-OH is 2. The average molecular weight is 294 g/mol. The molecule has 2 aromatic rings. The molecule has 0 aromatic carbocycles. The number of rotatable bonds is 4. The van der Waals surface area contributed by atoms with Crippen LogP contribution in [0.2, 0.25) is 0 Å². The predicted molar refractivity (Wildman–Crippen MR) is 76.0 cm³/mol. The van der Waals surface area contributed by atoms with Crippen molar-refractivity contribution in [3.63, 3.8) is 0 Å². The van der Waals surface area contributed by atoms with Gasteiger partial charge in [-0.1, -0.05) is 0 Å². The molecule has 0 amide bonds. The molecule has 9 nitrogen and oxygen atoms in total. The predicted octanol–water partition coefficient (Wildman–Crippen LogP) is -0.450. The average Bonchev–Trinajstić information content (AvgIpc) is 3.06. The van der Waals surface area contributed by atoms with E-state index in [2.05, 4.69) is 25.6 Å². The second-order valence-corrected chi connectivity index (χ2v) is 4.81. The second-order valence-electron chi connectivity index (χ2n) is 4.81. The molecule has 2 aromatic heterocycles. The summed E-state index contributed by atoms with van der Waals surface area (Å²) < 4.78 is 7.47. The minimum absolute atomic E-state index is 0.226. The van der Waals surface area contributed by atoms with E-state index in [1.165, 1.54) is 6.33 Å². The smallest absolute Gasteiger partial charge is 0.207 e. The summed E-state index contributed by atoms with van der Waals surface area (Å²) in [6.07, 6.45) is 0.0602. The number of ether oxygens (including phenoxy) is 1. The quantitative estimate of drug-likeness (QED) is 0.599. The minimum atomic E-state index is -0.715. The fourth-order valence-corrected chi connectivity index (χ4v) is 2.58. The van der Waals surface area contributed by atoms with Gasteiger partial charge in [-0.25, -0.2) is 15.0 Å². The number of nitrogens with zero attached hydrogens (tertiary/aromatic N) is 4. The Hall–Kier alpha value is -1.97. The SMILES string of the molecule is CNc1ncnc2c1nc(NC)n2[C@@H]1C[C@@H](O)[C@H](CO)O1. The van der Waals surface area contributed by atoms with Crippen LogP contribution in [-0.2, 0) is 4.74 Å². The van der Waals surface area contributed by atoms with Gasteiger partial charge in [0.05, 0.1) is 12.7 Å². The molecule has 1 aliphatic heterocycles. The van der Waals surface area contributed by atoms with E-state index < -0.39 is 18.4 Å². The van der Waals surface area contributed by atoms with E-state index >= 15 is 0 Å². The van der Waals surface area contributed by atoms with Crippen molar-refractivity contribution < 1.29 is 14.9 Å². The highest BCUT2D eigenvalue weighted by Crippen LogP contribution is 2.34. The van der Waals surface area contributed by atoms with Gasteiger partial charge in [-0.15, -0.1) is 0 Å². The zero-order valence-electron chi connectivity index (χ0n) is 11.8. The van der Waals surface area contributed by atoms with E-state index in [1.54, 1.807) is 18.7 Å². The van der Waals surface area contributed by atoms with Crippen molar-refractivity contribution in [2.24, 2.45) is 0 Å². The number of hydrogen-bond donors (Lipinski definition) is 4. The van der Waals surface area contributed by atoms with Crippen LogP contribution in [0.3, 0.4) is 0 Å². The Labute approximate surface area is 121 Å². The summed E-state index contributed by atoms with van der Waals surface area (Å²) in [4.78, 5) is 12.9. The Morgan fingerprint density at radius 3 is 2.81 bits per heavy atom. The third-order valence-electron chi connectivity index (χ3n) is 3.61. The first-order valence-corrected chi connectivity index (χ1v) is 6.72. The summed E-state index contributed by atoms with van der Waals surface area (Å²) in [5.74, 6) is 1.19. The highest BCUT2D eigenvalue weighted by atomic mass is 16.5. The molecule has 3 atom stereocenters. The van der Waals surface area contributed by atoms with E-state index in [1.807, 2.05) is 0 Å². The Morgan fingerprint density at radius 2 is 2.19 bits per heavy atom. The van der Waals surface area contributed by atoms with Crippen molar-refractivity contribution in [3.8, 4) is 0 Å². The Balaban J connectivity index is 2.09. The van der Waals surface area contributed by atoms with E-state index in [0.29, 0.717) is 29.4 Å². The molecule has 1 fully saturated rings. The molecular weight excluding hydrogens is 276 g/mol. The summed E-state index contributed by atoms with van der Waals surface area (Å²) in [5.41, 5.74) is 1.23. The summed E-state index contributed by atoms with van der Waals surface area (Å²) in [6.45, 7) is -0.226. The van der Waals surface area contributed by atoms with E-state index in [9.17, 15) is 10.2 Å². The highest BCUT2D eigenvalue weighted by molar-refractivity contribution is 5.85. The zero-order chi connectivity index (χ0) is 15.0. The van der Waals surface area contributed by atoms with Crippen LogP contribution in [0, 0.1) is 0 Å². The van der Waals surface area contributed by atoms with Crippen molar-refractivity contribution in [1.82, 2.24) is 19.5 Å². The van der Waals surface area contributed by atoms with Crippen LogP contribution in [0.25, 0.3) is 11.2 Å². The van der Waals surface area contributed by atoms with Gasteiger partial charge in [0.25, 0.3) is 0 Å². The number of anilines is 2. The first-order valence-electron chi connectivity index (χ1n) is 6.72. The summed E-state index contributed by atoms with van der Waals surface area (Å²) in [5, 5.41) is 25.1. The number of hydrogen-bond acceptors (Lipinski definition) is 8. The lowest BCUT2D eigenvalue weighted by atomic mass is 10.2. The van der Waals surface area contributed by atoms with Gasteiger partial charge < -0.3 is 25.6 Å². The topological polar surface area (TPSA) is 117 Å². The number of imidazole rings is 1. The zero-order valence-corrected chi connectivity index (χ0v) is 11.8. The first-order chi connectivity index (χ1) is 10.2. The number of fused-ring (bicyclic) bond motifs is 1. The lowest BCUT2D eigenvalue weighted by Gasteiger charge is -2.16. The lowest BCUT2D eigenvalue weighted by molar-refractivity contribution is -0.0425. The molecule has 1 saturated heterocycles. The van der Waals surface area contributed by atoms with Crippen LogP contribution in [0.15, 0.2) is 6.33 Å². The molecule has 3 heterocycles. The molecule has 3 rings (SSSR count). The summed E-state index contributed by atoms with van der Waals surface area (Å²) >= 11 is 0. The van der Waals surface area contributed by atoms with Crippen LogP contribution in [0.1, 0.15) is 12.6 Å². The van der Waals surface area contributed by atoms with E-state index in [0.717, 1.165) is 0 Å². The Kier molecular flexibility index (Phi) is 3.62. The maximum Gasteiger partial charge on any atom is 0.207 e. The monoisotopic (exact) mass is 294 g/mol. The molecule has 0 saturated carbocycles. The molecule has 114 valence electrons. The van der Waals surface area contributed by atoms with E-state index in [4.69, 9.17) is 4.74 Å². The molecule has 0 radical (unpaired) electrons. The first kappa shape index (κ1) is 14.0. The number of nitrogens with one attached hydrogen (secondary N) is 2. The normalized spacial score (nSPS) is 25.4. The molecule has 9 heteroatoms. The van der Waals surface area contributed by atoms with Crippen LogP contribution in [-0.4, -0.2) is 62.6 Å². The van der Waals surface area contributed by atoms with Gasteiger partial charge in [0.1, 0.15) is 18.7 Å². The van der Waals surface area contributed by atoms with Gasteiger partial charge in [0.15, 0.2) is 17.0 Å². The van der Waals surface area contributed by atoms with Crippen molar-refractivity contribution in [2.75, 3.05) is 31.3 Å². The number of aromatic nitrogens is 4. The fourth-order valence-electron chi connectivity index (χ4n) is 2.58. The minimum Gasteiger partial charge on any atom is -0.394 e. The van der Waals surface area contributed by atoms with Gasteiger partial charge in [0.2, 0.25) is 5.95 Å². The standard InChI is InChI=1S/C12H18N6O3/c1-13-10-9-11(16-5-15-10)18(12(14-2)17-9)8-3-6(20)7(4-19)21-8/h5-8,19-20H,3-4H2,1-2H3,(H,14,17)(H,13,15,16)/t6-,7+,8+/m1/s1. The highest BCUT2D eigenvalue weighted by Gasteiger charge is 2.36. The number of aliphatic hydroxyl groups is 2. The van der Waals surface area contributed by atoms with Crippen molar-refractivity contribution in [3.05, 3.63) is 6.33 Å². The van der Waals surface area contributed by atoms with E-state index in [-0.39, 0.29) is 6.61 Å². The van der Waals surface area contributed by atoms with Crippen LogP contribution >= 0.6 is 0 Å². The molecule has 21 heavy (non-hydrogen) atoms. The van der Waals surface area contributed by atoms with Gasteiger partial charge in [-0.3, -0.25) is 4.57 Å². The van der Waals surface area contributed by atoms with Crippen molar-refractivity contribution in [1.29, 1.82) is 0 Å². The van der Waals surface area contributed by atoms with Crippen molar-refractivity contribution in [2.45, 2.75) is 24.9 Å². The van der Waals surface area contributed by atoms with Gasteiger partial charge in [-0.05, 0) is 0 Å². The third-order valence-corrected chi connectivity index (χ3v) is 3.61. The fraction of sp³-hybridized carbons (Fsp3) is 0.583. The molecule has 0 spiro atoms. The van der Waals surface area contributed by atoms with Crippen LogP contribution < -0.4 is 10.6 Å². The van der Waals surface area contributed by atoms with Crippen LogP contribution in [0.5, 0.6) is 0 Å². The largest absolute Gasteiger partial charge is 0.394 e. The van der Waals surface area contributed by atoms with Crippen molar-refractivity contribution >= 4 is 22.9 Å². The maximum atomic E-state index is 9.91. The third kappa shape index (κ3) is 2.19. The van der Waals surface area contributed by atoms with Gasteiger partial charge >= 0.3 is 0 Å². The Morgan fingerprint density at radius 1 is 1.38 bits per heavy atom. The molecule has 0 bridgehead atoms. The molecule has 0 unspecified atom stereocenters. The lowest BCUT2D eigenvalue weighted by Crippen LogP contribution is -2.24. The Bertz CT molecular complexity index is 645. The van der Waals surface area contributed by atoms with Gasteiger partial charge in [0, 0.05) is 20.5 Å². The molecule has 4 N–H and O–H groups in total.